The first kappa shape index (κ1) is 9.41. The summed E-state index contributed by atoms with van der Waals surface area (Å²) < 4.78 is 7.63. The largest absolute Gasteiger partial charge is 0.457 e. The Labute approximate surface area is 99.0 Å². The molecular formula is C10H7BrN4O. The summed E-state index contributed by atoms with van der Waals surface area (Å²) in [5.74, 6) is 0.697. The lowest BCUT2D eigenvalue weighted by molar-refractivity contribution is 0.542. The van der Waals surface area contributed by atoms with E-state index in [-0.39, 0.29) is 0 Å². The third-order valence-electron chi connectivity index (χ3n) is 2.28. The van der Waals surface area contributed by atoms with Gasteiger partial charge in [-0.05, 0) is 34.1 Å². The molecule has 16 heavy (non-hydrogen) atoms. The first-order chi connectivity index (χ1) is 7.75. The lowest BCUT2D eigenvalue weighted by Crippen LogP contribution is -1.92. The van der Waals surface area contributed by atoms with Crippen molar-refractivity contribution in [2.75, 3.05) is 5.73 Å². The van der Waals surface area contributed by atoms with Gasteiger partial charge in [0.1, 0.15) is 0 Å². The van der Waals surface area contributed by atoms with Crippen LogP contribution in [0.4, 0.5) is 5.69 Å². The van der Waals surface area contributed by atoms with E-state index in [4.69, 9.17) is 10.2 Å². The predicted molar refractivity (Wildman–Crippen MR) is 62.8 cm³/mol. The van der Waals surface area contributed by atoms with E-state index in [1.54, 1.807) is 18.5 Å². The van der Waals surface area contributed by atoms with Crippen molar-refractivity contribution in [1.29, 1.82) is 0 Å². The molecule has 3 aromatic rings. The number of hydrogen-bond donors (Lipinski definition) is 1. The molecule has 0 saturated heterocycles. The molecule has 0 aromatic carbocycles. The predicted octanol–water partition coefficient (Wildman–Crippen LogP) is 2.33. The quantitative estimate of drug-likeness (QED) is 0.742. The molecule has 0 aliphatic rings. The summed E-state index contributed by atoms with van der Waals surface area (Å²) in [5.41, 5.74) is 7.99. The van der Waals surface area contributed by atoms with Crippen LogP contribution in [0, 0.1) is 0 Å². The van der Waals surface area contributed by atoms with Gasteiger partial charge >= 0.3 is 0 Å². The highest BCUT2D eigenvalue weighted by Crippen LogP contribution is 2.28. The van der Waals surface area contributed by atoms with Gasteiger partial charge in [-0.3, -0.25) is 4.40 Å². The molecule has 2 N–H and O–H groups in total. The molecule has 0 aliphatic carbocycles. The number of rotatable bonds is 1. The number of nitrogen functional groups attached to an aromatic ring is 1. The van der Waals surface area contributed by atoms with Gasteiger partial charge < -0.3 is 10.2 Å². The van der Waals surface area contributed by atoms with E-state index in [0.29, 0.717) is 16.2 Å². The van der Waals surface area contributed by atoms with Crippen LogP contribution in [0.3, 0.4) is 0 Å². The van der Waals surface area contributed by atoms with E-state index < -0.39 is 0 Å². The Morgan fingerprint density at radius 1 is 1.25 bits per heavy atom. The fourth-order valence-electron chi connectivity index (χ4n) is 1.54. The van der Waals surface area contributed by atoms with Crippen molar-refractivity contribution in [2.24, 2.45) is 0 Å². The molecule has 0 fully saturated rings. The van der Waals surface area contributed by atoms with Crippen molar-refractivity contribution >= 4 is 27.3 Å². The standard InChI is InChI=1S/C10H7BrN4O/c11-9-7(3-4-16-9)10-14-13-8-2-1-6(12)5-15(8)10/h1-5H,12H2. The van der Waals surface area contributed by atoms with Crippen LogP contribution in [0.25, 0.3) is 17.0 Å². The number of fused-ring (bicyclic) bond motifs is 1. The highest BCUT2D eigenvalue weighted by Gasteiger charge is 2.13. The summed E-state index contributed by atoms with van der Waals surface area (Å²) >= 11 is 3.31. The van der Waals surface area contributed by atoms with E-state index in [0.717, 1.165) is 11.2 Å². The van der Waals surface area contributed by atoms with Crippen LogP contribution in [0.2, 0.25) is 0 Å². The van der Waals surface area contributed by atoms with E-state index >= 15 is 0 Å². The second kappa shape index (κ2) is 3.34. The van der Waals surface area contributed by atoms with E-state index in [1.165, 1.54) is 0 Å². The normalized spacial score (nSPS) is 11.1. The number of hydrogen-bond acceptors (Lipinski definition) is 4. The maximum Gasteiger partial charge on any atom is 0.179 e. The topological polar surface area (TPSA) is 69.3 Å². The van der Waals surface area contributed by atoms with Gasteiger partial charge in [0, 0.05) is 11.9 Å². The Morgan fingerprint density at radius 2 is 2.12 bits per heavy atom. The van der Waals surface area contributed by atoms with Crippen LogP contribution in [0.1, 0.15) is 0 Å². The number of aromatic nitrogens is 3. The molecule has 3 heterocycles. The average molecular weight is 279 g/mol. The molecule has 0 saturated carbocycles. The zero-order chi connectivity index (χ0) is 11.1. The minimum absolute atomic E-state index is 0.629. The van der Waals surface area contributed by atoms with Crippen LogP contribution in [-0.4, -0.2) is 14.6 Å². The molecule has 0 spiro atoms. The molecule has 0 radical (unpaired) electrons. The Balaban J connectivity index is 2.32. The van der Waals surface area contributed by atoms with E-state index in [2.05, 4.69) is 26.1 Å². The fraction of sp³-hybridized carbons (Fsp3) is 0. The van der Waals surface area contributed by atoms with Crippen molar-refractivity contribution in [3.8, 4) is 11.4 Å². The maximum atomic E-state index is 5.73. The number of halogens is 1. The maximum absolute atomic E-state index is 5.73. The second-order valence-corrected chi connectivity index (χ2v) is 4.04. The summed E-state index contributed by atoms with van der Waals surface area (Å²) in [6.07, 6.45) is 3.37. The van der Waals surface area contributed by atoms with Crippen molar-refractivity contribution in [1.82, 2.24) is 14.6 Å². The highest BCUT2D eigenvalue weighted by molar-refractivity contribution is 9.10. The molecule has 3 aromatic heterocycles. The number of nitrogens with zero attached hydrogens (tertiary/aromatic N) is 3. The van der Waals surface area contributed by atoms with Gasteiger partial charge in [0.2, 0.25) is 0 Å². The third-order valence-corrected chi connectivity index (χ3v) is 2.90. The molecule has 0 bridgehead atoms. The summed E-state index contributed by atoms with van der Waals surface area (Å²) in [7, 11) is 0. The Hall–Kier alpha value is -1.82. The van der Waals surface area contributed by atoms with Gasteiger partial charge in [-0.1, -0.05) is 0 Å². The van der Waals surface area contributed by atoms with Crippen LogP contribution < -0.4 is 5.73 Å². The van der Waals surface area contributed by atoms with Gasteiger partial charge in [0.05, 0.1) is 11.8 Å². The first-order valence-corrected chi connectivity index (χ1v) is 5.38. The fourth-order valence-corrected chi connectivity index (χ4v) is 1.96. The van der Waals surface area contributed by atoms with Crippen molar-refractivity contribution in [2.45, 2.75) is 0 Å². The Morgan fingerprint density at radius 3 is 2.88 bits per heavy atom. The lowest BCUT2D eigenvalue weighted by atomic mass is 10.3. The van der Waals surface area contributed by atoms with Crippen LogP contribution in [0.5, 0.6) is 0 Å². The van der Waals surface area contributed by atoms with Gasteiger partial charge in [-0.15, -0.1) is 10.2 Å². The van der Waals surface area contributed by atoms with E-state index in [1.807, 2.05) is 16.5 Å². The molecule has 0 aliphatic heterocycles. The van der Waals surface area contributed by atoms with Gasteiger partial charge in [-0.2, -0.15) is 0 Å². The van der Waals surface area contributed by atoms with Crippen molar-refractivity contribution < 1.29 is 4.42 Å². The monoisotopic (exact) mass is 278 g/mol. The molecular weight excluding hydrogens is 272 g/mol. The van der Waals surface area contributed by atoms with E-state index in [9.17, 15) is 0 Å². The molecule has 0 amide bonds. The molecule has 0 unspecified atom stereocenters. The number of pyridine rings is 1. The minimum atomic E-state index is 0.629. The van der Waals surface area contributed by atoms with Crippen molar-refractivity contribution in [3.05, 3.63) is 35.3 Å². The summed E-state index contributed by atoms with van der Waals surface area (Å²) in [6, 6.07) is 5.43. The summed E-state index contributed by atoms with van der Waals surface area (Å²) in [6.45, 7) is 0. The molecule has 3 rings (SSSR count). The summed E-state index contributed by atoms with van der Waals surface area (Å²) in [4.78, 5) is 0. The van der Waals surface area contributed by atoms with Crippen LogP contribution >= 0.6 is 15.9 Å². The lowest BCUT2D eigenvalue weighted by Gasteiger charge is -1.98. The number of nitrogens with two attached hydrogens (primary N) is 1. The van der Waals surface area contributed by atoms with Gasteiger partial charge in [0.25, 0.3) is 0 Å². The highest BCUT2D eigenvalue weighted by atomic mass is 79.9. The van der Waals surface area contributed by atoms with Crippen LogP contribution in [-0.2, 0) is 0 Å². The SMILES string of the molecule is Nc1ccc2nnc(-c3ccoc3Br)n2c1. The molecule has 6 heteroatoms. The van der Waals surface area contributed by atoms with Gasteiger partial charge in [0.15, 0.2) is 16.1 Å². The number of anilines is 1. The van der Waals surface area contributed by atoms with Crippen molar-refractivity contribution in [3.63, 3.8) is 0 Å². The second-order valence-electron chi connectivity index (χ2n) is 3.32. The zero-order valence-corrected chi connectivity index (χ0v) is 9.68. The van der Waals surface area contributed by atoms with Gasteiger partial charge in [-0.25, -0.2) is 0 Å². The Bertz CT molecular complexity index is 658. The zero-order valence-electron chi connectivity index (χ0n) is 8.09. The average Bonchev–Trinajstić information content (AvgIpc) is 2.83. The molecule has 0 atom stereocenters. The summed E-state index contributed by atoms with van der Waals surface area (Å²) in [5, 5.41) is 8.16. The third kappa shape index (κ3) is 1.30. The number of furan rings is 1. The smallest absolute Gasteiger partial charge is 0.179 e. The molecule has 5 nitrogen and oxygen atoms in total. The molecule has 80 valence electrons. The Kier molecular flexibility index (Phi) is 1.97. The first-order valence-electron chi connectivity index (χ1n) is 4.59. The van der Waals surface area contributed by atoms with Crippen LogP contribution in [0.15, 0.2) is 39.7 Å². The minimum Gasteiger partial charge on any atom is -0.457 e.